The zero-order chi connectivity index (χ0) is 14.3. The van der Waals surface area contributed by atoms with E-state index < -0.39 is 4.92 Å². The third-order valence-corrected chi connectivity index (χ3v) is 2.65. The average Bonchev–Trinajstić information content (AvgIpc) is 2.43. The van der Waals surface area contributed by atoms with Crippen molar-refractivity contribution in [3.63, 3.8) is 0 Å². The number of nitrogens with two attached hydrogens (primary N) is 1. The molecule has 102 valence electrons. The Morgan fingerprint density at radius 3 is 2.58 bits per heavy atom. The highest BCUT2D eigenvalue weighted by Crippen LogP contribution is 2.12. The first-order valence-electron chi connectivity index (χ1n) is 6.00. The summed E-state index contributed by atoms with van der Waals surface area (Å²) in [5.74, 6) is -0.226. The van der Waals surface area contributed by atoms with Crippen LogP contribution in [-0.2, 0) is 4.79 Å². The molecule has 1 amide bonds. The second kappa shape index (κ2) is 7.27. The van der Waals surface area contributed by atoms with Crippen LogP contribution in [0.4, 0.5) is 5.69 Å². The van der Waals surface area contributed by atoms with E-state index in [4.69, 9.17) is 5.73 Å². The van der Waals surface area contributed by atoms with Gasteiger partial charge in [-0.2, -0.15) is 0 Å². The van der Waals surface area contributed by atoms with Crippen molar-refractivity contribution in [1.82, 2.24) is 5.32 Å². The van der Waals surface area contributed by atoms with Crippen LogP contribution in [0.25, 0.3) is 6.08 Å². The number of hydrogen-bond donors (Lipinski definition) is 2. The number of carbonyl (C=O) groups is 1. The Morgan fingerprint density at radius 2 is 2.11 bits per heavy atom. The molecule has 1 unspecified atom stereocenters. The number of nitrogens with zero attached hydrogens (tertiary/aromatic N) is 1. The molecule has 1 aromatic carbocycles. The number of carbonyl (C=O) groups excluding carboxylic acids is 1. The number of nitro groups is 1. The van der Waals surface area contributed by atoms with E-state index in [1.54, 1.807) is 18.2 Å². The second-order valence-electron chi connectivity index (χ2n) is 4.03. The minimum absolute atomic E-state index is 0.0239. The molecule has 0 bridgehead atoms. The van der Waals surface area contributed by atoms with E-state index in [2.05, 4.69) is 5.32 Å². The molecular weight excluding hydrogens is 246 g/mol. The van der Waals surface area contributed by atoms with Crippen LogP contribution in [0.3, 0.4) is 0 Å². The predicted molar refractivity (Wildman–Crippen MR) is 73.4 cm³/mol. The molecule has 0 heterocycles. The van der Waals surface area contributed by atoms with Gasteiger partial charge in [-0.05, 0) is 30.2 Å². The van der Waals surface area contributed by atoms with Crippen LogP contribution in [0.2, 0.25) is 0 Å². The van der Waals surface area contributed by atoms with Gasteiger partial charge in [0.25, 0.3) is 5.69 Å². The molecule has 19 heavy (non-hydrogen) atoms. The number of nitrogens with one attached hydrogen (secondary N) is 1. The minimum Gasteiger partial charge on any atom is -0.349 e. The Balaban J connectivity index is 2.61. The predicted octanol–water partition coefficient (Wildman–Crippen LogP) is 1.46. The molecule has 0 aliphatic heterocycles. The lowest BCUT2D eigenvalue weighted by Gasteiger charge is -2.12. The standard InChI is InChI=1S/C13H17N3O3/c1-2-11(9-14)15-13(17)8-5-10-3-6-12(7-4-10)16(18)19/h3-8,11H,2,9,14H2,1H3,(H,15,17). The van der Waals surface area contributed by atoms with Gasteiger partial charge in [-0.15, -0.1) is 0 Å². The summed E-state index contributed by atoms with van der Waals surface area (Å²) < 4.78 is 0. The van der Waals surface area contributed by atoms with Crippen LogP contribution in [0, 0.1) is 10.1 Å². The fourth-order valence-electron chi connectivity index (χ4n) is 1.46. The Labute approximate surface area is 111 Å². The summed E-state index contributed by atoms with van der Waals surface area (Å²) in [6.45, 7) is 2.34. The van der Waals surface area contributed by atoms with Gasteiger partial charge in [0.1, 0.15) is 0 Å². The summed E-state index contributed by atoms with van der Waals surface area (Å²) >= 11 is 0. The van der Waals surface area contributed by atoms with E-state index >= 15 is 0 Å². The van der Waals surface area contributed by atoms with E-state index in [9.17, 15) is 14.9 Å². The molecule has 3 N–H and O–H groups in total. The SMILES string of the molecule is CCC(CN)NC(=O)C=Cc1ccc([N+](=O)[O-])cc1. The van der Waals surface area contributed by atoms with Crippen molar-refractivity contribution in [2.45, 2.75) is 19.4 Å². The van der Waals surface area contributed by atoms with Crippen molar-refractivity contribution < 1.29 is 9.72 Å². The van der Waals surface area contributed by atoms with Gasteiger partial charge >= 0.3 is 0 Å². The van der Waals surface area contributed by atoms with Crippen molar-refractivity contribution in [3.05, 3.63) is 46.0 Å². The van der Waals surface area contributed by atoms with Crippen LogP contribution in [0.15, 0.2) is 30.3 Å². The molecule has 0 aliphatic rings. The molecule has 6 heteroatoms. The quantitative estimate of drug-likeness (QED) is 0.461. The van der Waals surface area contributed by atoms with Gasteiger partial charge in [-0.3, -0.25) is 14.9 Å². The Morgan fingerprint density at radius 1 is 1.47 bits per heavy atom. The zero-order valence-electron chi connectivity index (χ0n) is 10.7. The summed E-state index contributed by atoms with van der Waals surface area (Å²) in [6.07, 6.45) is 3.76. The summed E-state index contributed by atoms with van der Waals surface area (Å²) in [5, 5.41) is 13.2. The Kier molecular flexibility index (Phi) is 5.69. The van der Waals surface area contributed by atoms with Crippen molar-refractivity contribution in [2.75, 3.05) is 6.54 Å². The van der Waals surface area contributed by atoms with Gasteiger partial charge in [-0.1, -0.05) is 6.92 Å². The van der Waals surface area contributed by atoms with Crippen LogP contribution < -0.4 is 11.1 Å². The van der Waals surface area contributed by atoms with Crippen molar-refractivity contribution in [1.29, 1.82) is 0 Å². The van der Waals surface area contributed by atoms with E-state index in [0.29, 0.717) is 6.54 Å². The molecule has 1 aromatic rings. The highest BCUT2D eigenvalue weighted by Gasteiger charge is 2.05. The summed E-state index contributed by atoms with van der Waals surface area (Å²) in [7, 11) is 0. The molecule has 0 spiro atoms. The van der Waals surface area contributed by atoms with Gasteiger partial charge in [0, 0.05) is 30.8 Å². The number of rotatable bonds is 6. The molecule has 0 saturated heterocycles. The Bertz CT molecular complexity index is 465. The molecule has 1 rings (SSSR count). The number of amides is 1. The second-order valence-corrected chi connectivity index (χ2v) is 4.03. The zero-order valence-corrected chi connectivity index (χ0v) is 10.7. The minimum atomic E-state index is -0.465. The van der Waals surface area contributed by atoms with E-state index in [1.807, 2.05) is 6.92 Å². The van der Waals surface area contributed by atoms with Crippen LogP contribution in [0.5, 0.6) is 0 Å². The molecule has 0 radical (unpaired) electrons. The van der Waals surface area contributed by atoms with Gasteiger partial charge in [0.15, 0.2) is 0 Å². The monoisotopic (exact) mass is 263 g/mol. The topological polar surface area (TPSA) is 98.3 Å². The maximum Gasteiger partial charge on any atom is 0.269 e. The number of benzene rings is 1. The molecule has 0 saturated carbocycles. The first-order chi connectivity index (χ1) is 9.06. The van der Waals surface area contributed by atoms with Crippen molar-refractivity contribution in [3.8, 4) is 0 Å². The first-order valence-corrected chi connectivity index (χ1v) is 6.00. The summed E-state index contributed by atoms with van der Waals surface area (Å²) in [6, 6.07) is 5.93. The first kappa shape index (κ1) is 14.8. The molecule has 6 nitrogen and oxygen atoms in total. The summed E-state index contributed by atoms with van der Waals surface area (Å²) in [5.41, 5.74) is 6.23. The van der Waals surface area contributed by atoms with Crippen LogP contribution >= 0.6 is 0 Å². The molecule has 0 aliphatic carbocycles. The lowest BCUT2D eigenvalue weighted by atomic mass is 10.2. The normalized spacial score (nSPS) is 12.3. The van der Waals surface area contributed by atoms with E-state index in [-0.39, 0.29) is 17.6 Å². The average molecular weight is 263 g/mol. The van der Waals surface area contributed by atoms with E-state index in [1.165, 1.54) is 18.2 Å². The van der Waals surface area contributed by atoms with Crippen LogP contribution in [-0.4, -0.2) is 23.4 Å². The maximum atomic E-state index is 11.6. The largest absolute Gasteiger partial charge is 0.349 e. The number of non-ortho nitro benzene ring substituents is 1. The van der Waals surface area contributed by atoms with Gasteiger partial charge < -0.3 is 11.1 Å². The third-order valence-electron chi connectivity index (χ3n) is 2.65. The van der Waals surface area contributed by atoms with E-state index in [0.717, 1.165) is 12.0 Å². The van der Waals surface area contributed by atoms with Crippen LogP contribution in [0.1, 0.15) is 18.9 Å². The lowest BCUT2D eigenvalue weighted by molar-refractivity contribution is -0.384. The number of hydrogen-bond acceptors (Lipinski definition) is 4. The number of nitro benzene ring substituents is 1. The highest BCUT2D eigenvalue weighted by atomic mass is 16.6. The fourth-order valence-corrected chi connectivity index (χ4v) is 1.46. The van der Waals surface area contributed by atoms with Crippen molar-refractivity contribution in [2.24, 2.45) is 5.73 Å². The van der Waals surface area contributed by atoms with Gasteiger partial charge in [0.05, 0.1) is 4.92 Å². The lowest BCUT2D eigenvalue weighted by Crippen LogP contribution is -2.38. The van der Waals surface area contributed by atoms with Gasteiger partial charge in [-0.25, -0.2) is 0 Å². The third kappa shape index (κ3) is 4.89. The molecule has 1 atom stereocenters. The Hall–Kier alpha value is -2.21. The highest BCUT2D eigenvalue weighted by molar-refractivity contribution is 5.91. The molecular formula is C13H17N3O3. The fraction of sp³-hybridized carbons (Fsp3) is 0.308. The molecule has 0 aromatic heterocycles. The summed E-state index contributed by atoms with van der Waals surface area (Å²) in [4.78, 5) is 21.6. The van der Waals surface area contributed by atoms with Crippen molar-refractivity contribution >= 4 is 17.7 Å². The molecule has 0 fully saturated rings. The maximum absolute atomic E-state index is 11.6. The van der Waals surface area contributed by atoms with Gasteiger partial charge in [0.2, 0.25) is 5.91 Å². The smallest absolute Gasteiger partial charge is 0.269 e.